The van der Waals surface area contributed by atoms with E-state index in [1.54, 1.807) is 36.4 Å². The maximum absolute atomic E-state index is 13.8. The Labute approximate surface area is 205 Å². The molecule has 7 heteroatoms. The van der Waals surface area contributed by atoms with Crippen LogP contribution in [0.5, 0.6) is 0 Å². The van der Waals surface area contributed by atoms with Crippen LogP contribution in [0.2, 0.25) is 0 Å². The molecule has 3 aromatic rings. The number of hydrogen-bond donors (Lipinski definition) is 1. The molecule has 2 saturated heterocycles. The number of nitrogens with one attached hydrogen (secondary N) is 1. The van der Waals surface area contributed by atoms with Crippen molar-refractivity contribution < 1.29 is 14.4 Å². The molecule has 6 nitrogen and oxygen atoms in total. The fourth-order valence-corrected chi connectivity index (χ4v) is 5.70. The summed E-state index contributed by atoms with van der Waals surface area (Å²) in [4.78, 5) is 44.3. The fraction of sp³-hybridized carbons (Fsp3) is 0.148. The Hall–Kier alpha value is -3.71. The summed E-state index contributed by atoms with van der Waals surface area (Å²) in [6.45, 7) is 0. The van der Waals surface area contributed by atoms with E-state index in [-0.39, 0.29) is 17.7 Å². The van der Waals surface area contributed by atoms with Gasteiger partial charge in [0.1, 0.15) is 6.04 Å². The lowest BCUT2D eigenvalue weighted by molar-refractivity contribution is -0.128. The number of carbonyl (C=O) groups is 3. The average Bonchev–Trinajstić information content (AvgIpc) is 3.33. The van der Waals surface area contributed by atoms with Crippen LogP contribution in [-0.4, -0.2) is 28.7 Å². The molecule has 3 amide bonds. The Morgan fingerprint density at radius 2 is 1.50 bits per heavy atom. The van der Waals surface area contributed by atoms with Gasteiger partial charge < -0.3 is 10.2 Å². The topological polar surface area (TPSA) is 69.7 Å². The molecule has 3 heterocycles. The highest BCUT2D eigenvalue weighted by molar-refractivity contribution is 9.10. The Balaban J connectivity index is 1.45. The standard InChI is InChI=1S/C27H20BrN3O3/c28-17-10-12-19(13-11-17)31-26(33)21-22(27(31)34)24(25(32)29-18-7-2-1-3-8-18)30-15-14-16-6-4-5-9-20(16)23(21)30/h1-15,21-24H,(H,29,32)/t21-,22+,23-,24-/m0/s1. The predicted octanol–water partition coefficient (Wildman–Crippen LogP) is 4.60. The van der Waals surface area contributed by atoms with E-state index in [4.69, 9.17) is 0 Å². The molecule has 2 fully saturated rings. The molecule has 1 N–H and O–H groups in total. The lowest BCUT2D eigenvalue weighted by Crippen LogP contribution is -2.46. The van der Waals surface area contributed by atoms with Crippen molar-refractivity contribution in [1.82, 2.24) is 4.90 Å². The minimum absolute atomic E-state index is 0.271. The van der Waals surface area contributed by atoms with Gasteiger partial charge in [0.2, 0.25) is 17.7 Å². The molecule has 0 radical (unpaired) electrons. The third-order valence-corrected chi connectivity index (χ3v) is 7.39. The quantitative estimate of drug-likeness (QED) is 0.519. The molecule has 168 valence electrons. The first-order chi connectivity index (χ1) is 16.5. The highest BCUT2D eigenvalue weighted by atomic mass is 79.9. The second kappa shape index (κ2) is 7.95. The largest absolute Gasteiger partial charge is 0.357 e. The number of imide groups is 1. The minimum Gasteiger partial charge on any atom is -0.357 e. The highest BCUT2D eigenvalue weighted by Crippen LogP contribution is 2.53. The van der Waals surface area contributed by atoms with E-state index in [0.29, 0.717) is 11.4 Å². The van der Waals surface area contributed by atoms with E-state index in [1.807, 2.05) is 59.6 Å². The summed E-state index contributed by atoms with van der Waals surface area (Å²) < 4.78 is 0.855. The summed E-state index contributed by atoms with van der Waals surface area (Å²) in [5.74, 6) is -2.36. The van der Waals surface area contributed by atoms with Crippen LogP contribution in [-0.2, 0) is 14.4 Å². The van der Waals surface area contributed by atoms with Gasteiger partial charge in [0.15, 0.2) is 0 Å². The van der Waals surface area contributed by atoms with Gasteiger partial charge in [0, 0.05) is 16.4 Å². The van der Waals surface area contributed by atoms with Gasteiger partial charge in [-0.25, -0.2) is 4.90 Å². The molecular formula is C27H20BrN3O3. The van der Waals surface area contributed by atoms with Crippen LogP contribution in [0.1, 0.15) is 17.2 Å². The molecule has 34 heavy (non-hydrogen) atoms. The van der Waals surface area contributed by atoms with Crippen LogP contribution >= 0.6 is 15.9 Å². The van der Waals surface area contributed by atoms with Crippen molar-refractivity contribution in [1.29, 1.82) is 0 Å². The summed E-state index contributed by atoms with van der Waals surface area (Å²) in [5.41, 5.74) is 3.11. The lowest BCUT2D eigenvalue weighted by atomic mass is 9.84. The van der Waals surface area contributed by atoms with Crippen molar-refractivity contribution in [3.05, 3.63) is 101 Å². The van der Waals surface area contributed by atoms with Crippen LogP contribution < -0.4 is 10.2 Å². The van der Waals surface area contributed by atoms with E-state index in [0.717, 1.165) is 15.6 Å². The zero-order valence-electron chi connectivity index (χ0n) is 18.0. The Bertz CT molecular complexity index is 1340. The van der Waals surface area contributed by atoms with Crippen molar-refractivity contribution in [2.24, 2.45) is 11.8 Å². The van der Waals surface area contributed by atoms with Crippen molar-refractivity contribution in [3.63, 3.8) is 0 Å². The van der Waals surface area contributed by atoms with E-state index >= 15 is 0 Å². The van der Waals surface area contributed by atoms with E-state index < -0.39 is 23.9 Å². The molecule has 3 aromatic carbocycles. The molecule has 6 rings (SSSR count). The summed E-state index contributed by atoms with van der Waals surface area (Å²) >= 11 is 3.40. The number of anilines is 2. The van der Waals surface area contributed by atoms with Gasteiger partial charge in [-0.3, -0.25) is 14.4 Å². The summed E-state index contributed by atoms with van der Waals surface area (Å²) in [6.07, 6.45) is 3.79. The molecule has 3 aliphatic rings. The number of fused-ring (bicyclic) bond motifs is 5. The molecular weight excluding hydrogens is 494 g/mol. The van der Waals surface area contributed by atoms with Crippen LogP contribution in [0.4, 0.5) is 11.4 Å². The number of carbonyl (C=O) groups excluding carboxylic acids is 3. The maximum Gasteiger partial charge on any atom is 0.247 e. The molecule has 3 aliphatic heterocycles. The average molecular weight is 514 g/mol. The van der Waals surface area contributed by atoms with Crippen molar-refractivity contribution in [2.75, 3.05) is 10.2 Å². The normalized spacial score (nSPS) is 24.6. The van der Waals surface area contributed by atoms with Gasteiger partial charge in [-0.1, -0.05) is 58.4 Å². The molecule has 0 aromatic heterocycles. The first kappa shape index (κ1) is 20.9. The number of benzene rings is 3. The zero-order chi connectivity index (χ0) is 23.4. The van der Waals surface area contributed by atoms with Crippen LogP contribution in [0.25, 0.3) is 6.08 Å². The van der Waals surface area contributed by atoms with Gasteiger partial charge in [-0.05, 0) is 53.6 Å². The van der Waals surface area contributed by atoms with E-state index in [2.05, 4.69) is 21.2 Å². The fourth-order valence-electron chi connectivity index (χ4n) is 5.44. The third-order valence-electron chi connectivity index (χ3n) is 6.86. The van der Waals surface area contributed by atoms with Crippen molar-refractivity contribution >= 4 is 51.1 Å². The Morgan fingerprint density at radius 3 is 2.26 bits per heavy atom. The van der Waals surface area contributed by atoms with Crippen LogP contribution in [0.3, 0.4) is 0 Å². The molecule has 0 aliphatic carbocycles. The summed E-state index contributed by atoms with van der Waals surface area (Å²) in [6, 6.07) is 22.9. The van der Waals surface area contributed by atoms with Crippen molar-refractivity contribution in [3.8, 4) is 0 Å². The Morgan fingerprint density at radius 1 is 0.824 bits per heavy atom. The number of amides is 3. The second-order valence-corrected chi connectivity index (χ2v) is 9.59. The molecule has 0 spiro atoms. The number of rotatable bonds is 3. The SMILES string of the molecule is O=C(Nc1ccccc1)[C@@H]1[C@@H]2C(=O)N(c3ccc(Br)cc3)C(=O)[C@@H]2[C@@H]2c3ccccc3C=CN12. The predicted molar refractivity (Wildman–Crippen MR) is 133 cm³/mol. The first-order valence-corrected chi connectivity index (χ1v) is 11.9. The zero-order valence-corrected chi connectivity index (χ0v) is 19.6. The third kappa shape index (κ3) is 3.11. The summed E-state index contributed by atoms with van der Waals surface area (Å²) in [5, 5.41) is 2.95. The molecule has 0 unspecified atom stereocenters. The second-order valence-electron chi connectivity index (χ2n) is 8.68. The van der Waals surface area contributed by atoms with Crippen LogP contribution in [0, 0.1) is 11.8 Å². The lowest BCUT2D eigenvalue weighted by Gasteiger charge is -2.35. The summed E-state index contributed by atoms with van der Waals surface area (Å²) in [7, 11) is 0. The molecule has 0 bridgehead atoms. The van der Waals surface area contributed by atoms with Gasteiger partial charge >= 0.3 is 0 Å². The van der Waals surface area contributed by atoms with E-state index in [1.165, 1.54) is 4.90 Å². The van der Waals surface area contributed by atoms with Gasteiger partial charge in [0.25, 0.3) is 0 Å². The van der Waals surface area contributed by atoms with Gasteiger partial charge in [-0.2, -0.15) is 0 Å². The smallest absolute Gasteiger partial charge is 0.247 e. The molecule has 4 atom stereocenters. The number of halogens is 1. The van der Waals surface area contributed by atoms with Crippen molar-refractivity contribution in [2.45, 2.75) is 12.1 Å². The van der Waals surface area contributed by atoms with Gasteiger partial charge in [0.05, 0.1) is 23.6 Å². The van der Waals surface area contributed by atoms with E-state index in [9.17, 15) is 14.4 Å². The number of hydrogen-bond acceptors (Lipinski definition) is 4. The maximum atomic E-state index is 13.8. The first-order valence-electron chi connectivity index (χ1n) is 11.1. The monoisotopic (exact) mass is 513 g/mol. The number of para-hydroxylation sites is 1. The molecule has 0 saturated carbocycles. The minimum atomic E-state index is -0.809. The van der Waals surface area contributed by atoms with Gasteiger partial charge in [-0.15, -0.1) is 0 Å². The highest BCUT2D eigenvalue weighted by Gasteiger charge is 2.64. The van der Waals surface area contributed by atoms with Crippen LogP contribution in [0.15, 0.2) is 89.5 Å². The Kier molecular flexibility index (Phi) is 4.88. The number of nitrogens with zero attached hydrogens (tertiary/aromatic N) is 2.